The van der Waals surface area contributed by atoms with Crippen LogP contribution in [0.4, 0.5) is 0 Å². The van der Waals surface area contributed by atoms with Crippen molar-refractivity contribution in [3.63, 3.8) is 0 Å². The molecule has 0 bridgehead atoms. The minimum Gasteiger partial charge on any atom is -0.367 e. The SMILES string of the molecule is COC(C(=O)NCC(c1ccc(C)cc1)N(C)C)c1ccccc1. The van der Waals surface area contributed by atoms with Gasteiger partial charge >= 0.3 is 0 Å². The summed E-state index contributed by atoms with van der Waals surface area (Å²) in [7, 11) is 5.59. The van der Waals surface area contributed by atoms with Gasteiger partial charge in [0.05, 0.1) is 6.04 Å². The van der Waals surface area contributed by atoms with Gasteiger partial charge in [0.1, 0.15) is 0 Å². The number of carbonyl (C=O) groups excluding carboxylic acids is 1. The lowest BCUT2D eigenvalue weighted by Gasteiger charge is -2.26. The fourth-order valence-electron chi connectivity index (χ4n) is 2.70. The lowest BCUT2D eigenvalue weighted by Crippen LogP contribution is -2.37. The fraction of sp³-hybridized carbons (Fsp3) is 0.350. The van der Waals surface area contributed by atoms with Crippen molar-refractivity contribution < 1.29 is 9.53 Å². The van der Waals surface area contributed by atoms with Crippen molar-refractivity contribution in [1.82, 2.24) is 10.2 Å². The molecule has 4 nitrogen and oxygen atoms in total. The van der Waals surface area contributed by atoms with E-state index < -0.39 is 6.10 Å². The lowest BCUT2D eigenvalue weighted by atomic mass is 10.0. The number of hydrogen-bond acceptors (Lipinski definition) is 3. The summed E-state index contributed by atoms with van der Waals surface area (Å²) < 4.78 is 5.39. The summed E-state index contributed by atoms with van der Waals surface area (Å²) in [6, 6.07) is 18.1. The molecule has 2 atom stereocenters. The Balaban J connectivity index is 2.05. The summed E-state index contributed by atoms with van der Waals surface area (Å²) in [5.74, 6) is -0.123. The van der Waals surface area contributed by atoms with Gasteiger partial charge in [0.2, 0.25) is 0 Å². The van der Waals surface area contributed by atoms with Crippen LogP contribution in [-0.4, -0.2) is 38.6 Å². The van der Waals surface area contributed by atoms with Crippen LogP contribution < -0.4 is 5.32 Å². The molecule has 0 aliphatic rings. The maximum atomic E-state index is 12.5. The van der Waals surface area contributed by atoms with Crippen molar-refractivity contribution in [1.29, 1.82) is 0 Å². The lowest BCUT2D eigenvalue weighted by molar-refractivity contribution is -0.131. The Labute approximate surface area is 144 Å². The van der Waals surface area contributed by atoms with Crippen molar-refractivity contribution >= 4 is 5.91 Å². The second-order valence-electron chi connectivity index (χ2n) is 6.16. The van der Waals surface area contributed by atoms with Gasteiger partial charge in [-0.3, -0.25) is 4.79 Å². The number of likely N-dealkylation sites (N-methyl/N-ethyl adjacent to an activating group) is 1. The molecule has 0 aliphatic carbocycles. The second kappa shape index (κ2) is 8.62. The Morgan fingerprint density at radius 2 is 1.67 bits per heavy atom. The van der Waals surface area contributed by atoms with E-state index in [4.69, 9.17) is 4.74 Å². The summed E-state index contributed by atoms with van der Waals surface area (Å²) in [5, 5.41) is 3.02. The highest BCUT2D eigenvalue weighted by Crippen LogP contribution is 2.20. The third-order valence-electron chi connectivity index (χ3n) is 4.13. The molecular formula is C20H26N2O2. The first-order valence-corrected chi connectivity index (χ1v) is 8.11. The first-order chi connectivity index (χ1) is 11.5. The van der Waals surface area contributed by atoms with E-state index in [1.165, 1.54) is 11.1 Å². The van der Waals surface area contributed by atoms with Crippen LogP contribution in [0.1, 0.15) is 28.8 Å². The van der Waals surface area contributed by atoms with Crippen LogP contribution in [0.3, 0.4) is 0 Å². The van der Waals surface area contributed by atoms with Gasteiger partial charge in [-0.1, -0.05) is 60.2 Å². The maximum Gasteiger partial charge on any atom is 0.253 e. The van der Waals surface area contributed by atoms with E-state index in [2.05, 4.69) is 41.4 Å². The van der Waals surface area contributed by atoms with Gasteiger partial charge in [-0.25, -0.2) is 0 Å². The number of hydrogen-bond donors (Lipinski definition) is 1. The number of benzene rings is 2. The van der Waals surface area contributed by atoms with E-state index in [1.54, 1.807) is 7.11 Å². The zero-order valence-electron chi connectivity index (χ0n) is 14.8. The first-order valence-electron chi connectivity index (χ1n) is 8.11. The minimum atomic E-state index is -0.591. The number of carbonyl (C=O) groups is 1. The van der Waals surface area contributed by atoms with Crippen LogP contribution in [0.15, 0.2) is 54.6 Å². The second-order valence-corrected chi connectivity index (χ2v) is 6.16. The highest BCUT2D eigenvalue weighted by Gasteiger charge is 2.22. The van der Waals surface area contributed by atoms with Gasteiger partial charge in [-0.2, -0.15) is 0 Å². The topological polar surface area (TPSA) is 41.6 Å². The normalized spacial score (nSPS) is 13.5. The van der Waals surface area contributed by atoms with Crippen molar-refractivity contribution in [2.24, 2.45) is 0 Å². The molecule has 0 radical (unpaired) electrons. The van der Waals surface area contributed by atoms with Crippen LogP contribution in [0.5, 0.6) is 0 Å². The number of aryl methyl sites for hydroxylation is 1. The van der Waals surface area contributed by atoms with E-state index in [1.807, 2.05) is 44.4 Å². The Bertz CT molecular complexity index is 638. The number of ether oxygens (including phenoxy) is 1. The number of methoxy groups -OCH3 is 1. The maximum absolute atomic E-state index is 12.5. The Hall–Kier alpha value is -2.17. The highest BCUT2D eigenvalue weighted by atomic mass is 16.5. The minimum absolute atomic E-state index is 0.114. The summed E-state index contributed by atoms with van der Waals surface area (Å²) in [6.07, 6.45) is -0.591. The molecule has 0 fully saturated rings. The third-order valence-corrected chi connectivity index (χ3v) is 4.13. The quantitative estimate of drug-likeness (QED) is 0.850. The van der Waals surface area contributed by atoms with Gasteiger partial charge in [0.15, 0.2) is 6.10 Å². The molecule has 2 rings (SSSR count). The molecule has 2 aromatic carbocycles. The van der Waals surface area contributed by atoms with Crippen LogP contribution in [0.25, 0.3) is 0 Å². The number of amides is 1. The van der Waals surface area contributed by atoms with Crippen LogP contribution in [0, 0.1) is 6.92 Å². The number of rotatable bonds is 7. The zero-order chi connectivity index (χ0) is 17.5. The molecule has 1 amide bonds. The molecule has 0 saturated heterocycles. The number of nitrogens with zero attached hydrogens (tertiary/aromatic N) is 1. The van der Waals surface area contributed by atoms with Crippen molar-refractivity contribution in [3.8, 4) is 0 Å². The predicted octanol–water partition coefficient (Wildman–Crippen LogP) is 3.10. The fourth-order valence-corrected chi connectivity index (χ4v) is 2.70. The molecule has 0 saturated carbocycles. The molecular weight excluding hydrogens is 300 g/mol. The predicted molar refractivity (Wildman–Crippen MR) is 96.8 cm³/mol. The molecule has 0 spiro atoms. The molecule has 0 aliphatic heterocycles. The van der Waals surface area contributed by atoms with Crippen molar-refractivity contribution in [2.75, 3.05) is 27.7 Å². The molecule has 2 aromatic rings. The third kappa shape index (κ3) is 4.66. The van der Waals surface area contributed by atoms with Crippen molar-refractivity contribution in [2.45, 2.75) is 19.1 Å². The monoisotopic (exact) mass is 326 g/mol. The van der Waals surface area contributed by atoms with E-state index in [9.17, 15) is 4.79 Å². The number of nitrogens with one attached hydrogen (secondary N) is 1. The van der Waals surface area contributed by atoms with Crippen LogP contribution in [0.2, 0.25) is 0 Å². The Morgan fingerprint density at radius 1 is 1.04 bits per heavy atom. The van der Waals surface area contributed by atoms with Gasteiger partial charge < -0.3 is 15.0 Å². The first kappa shape index (κ1) is 18.2. The van der Waals surface area contributed by atoms with Gasteiger partial charge in [0.25, 0.3) is 5.91 Å². The molecule has 24 heavy (non-hydrogen) atoms. The highest BCUT2D eigenvalue weighted by molar-refractivity contribution is 5.82. The van der Waals surface area contributed by atoms with Crippen LogP contribution in [-0.2, 0) is 9.53 Å². The average molecular weight is 326 g/mol. The molecule has 0 heterocycles. The van der Waals surface area contributed by atoms with E-state index >= 15 is 0 Å². The zero-order valence-corrected chi connectivity index (χ0v) is 14.8. The summed E-state index contributed by atoms with van der Waals surface area (Å²) in [4.78, 5) is 14.6. The summed E-state index contributed by atoms with van der Waals surface area (Å²) >= 11 is 0. The Kier molecular flexibility index (Phi) is 6.53. The smallest absolute Gasteiger partial charge is 0.253 e. The Morgan fingerprint density at radius 3 is 2.21 bits per heavy atom. The van der Waals surface area contributed by atoms with E-state index in [0.29, 0.717) is 6.54 Å². The molecule has 2 unspecified atom stereocenters. The molecule has 4 heteroatoms. The average Bonchev–Trinajstić information content (AvgIpc) is 2.58. The van der Waals surface area contributed by atoms with E-state index in [0.717, 1.165) is 5.56 Å². The molecule has 0 aromatic heterocycles. The molecule has 128 valence electrons. The van der Waals surface area contributed by atoms with E-state index in [-0.39, 0.29) is 11.9 Å². The molecule has 1 N–H and O–H groups in total. The van der Waals surface area contributed by atoms with Gasteiger partial charge in [-0.05, 0) is 32.1 Å². The van der Waals surface area contributed by atoms with Crippen molar-refractivity contribution in [3.05, 3.63) is 71.3 Å². The standard InChI is InChI=1S/C20H26N2O2/c1-15-10-12-16(13-11-15)18(22(2)3)14-21-20(23)19(24-4)17-8-6-5-7-9-17/h5-13,18-19H,14H2,1-4H3,(H,21,23). The van der Waals surface area contributed by atoms with Gasteiger partial charge in [-0.15, -0.1) is 0 Å². The van der Waals surface area contributed by atoms with Gasteiger partial charge in [0, 0.05) is 13.7 Å². The summed E-state index contributed by atoms with van der Waals surface area (Å²) in [6.45, 7) is 2.60. The summed E-state index contributed by atoms with van der Waals surface area (Å²) in [5.41, 5.74) is 3.26. The van der Waals surface area contributed by atoms with Crippen LogP contribution >= 0.6 is 0 Å². The largest absolute Gasteiger partial charge is 0.367 e.